The molecule has 0 aliphatic rings. The van der Waals surface area contributed by atoms with Crippen LogP contribution in [0.2, 0.25) is 0 Å². The molecule has 0 radical (unpaired) electrons. The van der Waals surface area contributed by atoms with Crippen molar-refractivity contribution in [1.82, 2.24) is 0 Å². The first-order valence-electron chi connectivity index (χ1n) is 3.18. The summed E-state index contributed by atoms with van der Waals surface area (Å²) in [4.78, 5) is 0. The number of rotatable bonds is 5. The molecule has 0 atom stereocenters. The maximum atomic E-state index is 8.71. The van der Waals surface area contributed by atoms with Gasteiger partial charge in [-0.05, 0) is 0 Å². The Bertz CT molecular complexity index is 131. The normalized spacial score (nSPS) is 12.5. The number of ether oxygens (including phenoxy) is 1. The lowest BCUT2D eigenvalue weighted by atomic mass is 10.5. The Kier molecular flexibility index (Phi) is 5.32. The van der Waals surface area contributed by atoms with E-state index in [-0.39, 0.29) is 13.2 Å². The number of aliphatic hydroxyl groups excluding tert-OH is 4. The van der Waals surface area contributed by atoms with Gasteiger partial charge in [-0.3, -0.25) is 0 Å². The highest BCUT2D eigenvalue weighted by molar-refractivity contribution is 4.90. The van der Waals surface area contributed by atoms with Gasteiger partial charge >= 0.3 is 5.95 Å². The summed E-state index contributed by atoms with van der Waals surface area (Å²) in [6, 6.07) is 0. The van der Waals surface area contributed by atoms with Gasteiger partial charge < -0.3 is 25.2 Å². The third-order valence-electron chi connectivity index (χ3n) is 0.938. The fraction of sp³-hybridized carbons (Fsp3) is 0.667. The van der Waals surface area contributed by atoms with Crippen LogP contribution >= 0.6 is 0 Å². The van der Waals surface area contributed by atoms with Crippen LogP contribution in [0.15, 0.2) is 11.7 Å². The van der Waals surface area contributed by atoms with Crippen molar-refractivity contribution in [2.45, 2.75) is 6.42 Å². The molecule has 0 bridgehead atoms. The molecule has 4 N–H and O–H groups in total. The molecule has 0 rings (SSSR count). The Morgan fingerprint density at radius 3 is 2.27 bits per heavy atom. The molecule has 0 aliphatic carbocycles. The highest BCUT2D eigenvalue weighted by Crippen LogP contribution is 1.98. The van der Waals surface area contributed by atoms with Gasteiger partial charge in [-0.1, -0.05) is 0 Å². The zero-order chi connectivity index (χ0) is 8.69. The van der Waals surface area contributed by atoms with E-state index in [0.29, 0.717) is 6.42 Å². The van der Waals surface area contributed by atoms with Crippen molar-refractivity contribution in [2.75, 3.05) is 19.8 Å². The molecule has 0 aromatic carbocycles. The van der Waals surface area contributed by atoms with E-state index in [1.165, 1.54) is 0 Å². The molecule has 5 heteroatoms. The summed E-state index contributed by atoms with van der Waals surface area (Å²) in [5.41, 5.74) is 0. The molecule has 0 amide bonds. The third kappa shape index (κ3) is 4.46. The zero-order valence-electron chi connectivity index (χ0n) is 6.03. The average Bonchev–Trinajstić information content (AvgIpc) is 2.03. The van der Waals surface area contributed by atoms with E-state index >= 15 is 0 Å². The molecule has 0 aliphatic heterocycles. The van der Waals surface area contributed by atoms with Crippen molar-refractivity contribution in [3.63, 3.8) is 0 Å². The zero-order valence-corrected chi connectivity index (χ0v) is 6.03. The maximum Gasteiger partial charge on any atom is 0.318 e. The Balaban J connectivity index is 3.58. The van der Waals surface area contributed by atoms with Crippen LogP contribution in [0.3, 0.4) is 0 Å². The fourth-order valence-electron chi connectivity index (χ4n) is 0.384. The number of aliphatic hydroxyl groups is 4. The molecule has 0 aromatic heterocycles. The van der Waals surface area contributed by atoms with Crippen LogP contribution in [0, 0.1) is 0 Å². The van der Waals surface area contributed by atoms with Gasteiger partial charge in [0, 0.05) is 13.0 Å². The number of hydrogen-bond acceptors (Lipinski definition) is 5. The van der Waals surface area contributed by atoms with Crippen molar-refractivity contribution in [2.24, 2.45) is 0 Å². The van der Waals surface area contributed by atoms with Crippen LogP contribution in [0.5, 0.6) is 0 Å². The standard InChI is InChI=1S/C6H12O5/c7-2-1-3-11-6(10)5(9)4-8/h7-10H,1-4H2. The van der Waals surface area contributed by atoms with E-state index in [1.54, 1.807) is 0 Å². The smallest absolute Gasteiger partial charge is 0.318 e. The molecule has 0 saturated heterocycles. The fourth-order valence-corrected chi connectivity index (χ4v) is 0.384. The van der Waals surface area contributed by atoms with Gasteiger partial charge in [-0.15, -0.1) is 0 Å². The van der Waals surface area contributed by atoms with Crippen molar-refractivity contribution in [1.29, 1.82) is 0 Å². The van der Waals surface area contributed by atoms with Crippen molar-refractivity contribution in [3.8, 4) is 0 Å². The van der Waals surface area contributed by atoms with E-state index in [1.807, 2.05) is 0 Å². The van der Waals surface area contributed by atoms with Crippen LogP contribution in [-0.4, -0.2) is 40.2 Å². The topological polar surface area (TPSA) is 90.2 Å². The third-order valence-corrected chi connectivity index (χ3v) is 0.938. The van der Waals surface area contributed by atoms with Crippen LogP contribution in [0.1, 0.15) is 6.42 Å². The highest BCUT2D eigenvalue weighted by Gasteiger charge is 2.02. The summed E-state index contributed by atoms with van der Waals surface area (Å²) in [7, 11) is 0. The Hall–Kier alpha value is -0.940. The molecule has 5 nitrogen and oxygen atoms in total. The van der Waals surface area contributed by atoms with E-state index < -0.39 is 18.3 Å². The molecule has 11 heavy (non-hydrogen) atoms. The van der Waals surface area contributed by atoms with Crippen molar-refractivity contribution >= 4 is 0 Å². The van der Waals surface area contributed by atoms with Gasteiger partial charge in [0.15, 0.2) is 5.76 Å². The van der Waals surface area contributed by atoms with Crippen LogP contribution in [0.25, 0.3) is 0 Å². The quantitative estimate of drug-likeness (QED) is 0.330. The minimum atomic E-state index is -0.694. The molecule has 0 fully saturated rings. The Morgan fingerprint density at radius 1 is 1.18 bits per heavy atom. The molecule has 0 aromatic rings. The predicted molar refractivity (Wildman–Crippen MR) is 37.0 cm³/mol. The van der Waals surface area contributed by atoms with E-state index in [2.05, 4.69) is 4.74 Å². The molecule has 0 heterocycles. The molecular formula is C6H12O5. The van der Waals surface area contributed by atoms with Gasteiger partial charge in [-0.2, -0.15) is 0 Å². The van der Waals surface area contributed by atoms with Gasteiger partial charge in [0.1, 0.15) is 6.61 Å². The molecule has 0 spiro atoms. The lowest BCUT2D eigenvalue weighted by Crippen LogP contribution is -2.02. The minimum Gasteiger partial charge on any atom is -0.504 e. The monoisotopic (exact) mass is 164 g/mol. The molecule has 0 unspecified atom stereocenters. The summed E-state index contributed by atoms with van der Waals surface area (Å²) in [5, 5.41) is 33.9. The second kappa shape index (κ2) is 5.82. The summed E-state index contributed by atoms with van der Waals surface area (Å²) >= 11 is 0. The molecule has 0 saturated carbocycles. The SMILES string of the molecule is OCCCOC(O)=C(O)CO. The first-order valence-corrected chi connectivity index (χ1v) is 3.18. The van der Waals surface area contributed by atoms with Crippen LogP contribution in [0.4, 0.5) is 0 Å². The van der Waals surface area contributed by atoms with Crippen LogP contribution in [-0.2, 0) is 4.74 Å². The first-order chi connectivity index (χ1) is 5.22. The second-order valence-corrected chi connectivity index (χ2v) is 1.84. The summed E-state index contributed by atoms with van der Waals surface area (Å²) in [5.74, 6) is -1.30. The van der Waals surface area contributed by atoms with Crippen LogP contribution < -0.4 is 0 Å². The van der Waals surface area contributed by atoms with E-state index in [9.17, 15) is 0 Å². The second-order valence-electron chi connectivity index (χ2n) is 1.84. The van der Waals surface area contributed by atoms with E-state index in [0.717, 1.165) is 0 Å². The minimum absolute atomic E-state index is 0.0484. The van der Waals surface area contributed by atoms with Gasteiger partial charge in [0.2, 0.25) is 0 Å². The predicted octanol–water partition coefficient (Wildman–Crippen LogP) is -0.337. The van der Waals surface area contributed by atoms with E-state index in [4.69, 9.17) is 20.4 Å². The summed E-state index contributed by atoms with van der Waals surface area (Å²) in [6.07, 6.45) is 0.364. The lowest BCUT2D eigenvalue weighted by molar-refractivity contribution is 0.0584. The lowest BCUT2D eigenvalue weighted by Gasteiger charge is -2.03. The van der Waals surface area contributed by atoms with Gasteiger partial charge in [0.25, 0.3) is 0 Å². The number of hydrogen-bond donors (Lipinski definition) is 4. The summed E-state index contributed by atoms with van der Waals surface area (Å²) < 4.78 is 4.50. The summed E-state index contributed by atoms with van der Waals surface area (Å²) in [6.45, 7) is -0.607. The molecule has 66 valence electrons. The Morgan fingerprint density at radius 2 is 1.82 bits per heavy atom. The van der Waals surface area contributed by atoms with Gasteiger partial charge in [-0.25, -0.2) is 0 Å². The largest absolute Gasteiger partial charge is 0.504 e. The maximum absolute atomic E-state index is 8.71. The van der Waals surface area contributed by atoms with Crippen molar-refractivity contribution < 1.29 is 25.2 Å². The van der Waals surface area contributed by atoms with Gasteiger partial charge in [0.05, 0.1) is 6.61 Å². The molecular weight excluding hydrogens is 152 g/mol. The van der Waals surface area contributed by atoms with Crippen molar-refractivity contribution in [3.05, 3.63) is 11.7 Å². The Labute approximate surface area is 64.2 Å². The average molecular weight is 164 g/mol. The highest BCUT2D eigenvalue weighted by atomic mass is 16.6. The first kappa shape index (κ1) is 10.1.